The van der Waals surface area contributed by atoms with E-state index in [1.165, 1.54) is 0 Å². The van der Waals surface area contributed by atoms with E-state index < -0.39 is 0 Å². The molecule has 3 nitrogen and oxygen atoms in total. The fraction of sp³-hybridized carbons (Fsp3) is 0.538. The number of nitrogens with one attached hydrogen (secondary N) is 1. The molecule has 1 aliphatic rings. The average Bonchev–Trinajstić information content (AvgIpc) is 2.61. The largest absolute Gasteiger partial charge is 0.494 e. The third-order valence-corrected chi connectivity index (χ3v) is 2.64. The Morgan fingerprint density at radius 1 is 1.38 bits per heavy atom. The molecule has 3 heteroatoms. The van der Waals surface area contributed by atoms with Gasteiger partial charge in [0.1, 0.15) is 12.0 Å². The molecule has 0 aromatic heterocycles. The SMILES string of the molecule is CCOc1ccc(C2NCC(C)(C)O2)cc1. The number of benzene rings is 1. The van der Waals surface area contributed by atoms with Crippen LogP contribution < -0.4 is 10.1 Å². The topological polar surface area (TPSA) is 30.5 Å². The predicted molar refractivity (Wildman–Crippen MR) is 63.5 cm³/mol. The highest BCUT2D eigenvalue weighted by molar-refractivity contribution is 5.28. The van der Waals surface area contributed by atoms with Crippen LogP contribution in [0.15, 0.2) is 24.3 Å². The zero-order chi connectivity index (χ0) is 11.6. The molecular weight excluding hydrogens is 202 g/mol. The summed E-state index contributed by atoms with van der Waals surface area (Å²) >= 11 is 0. The molecule has 1 N–H and O–H groups in total. The van der Waals surface area contributed by atoms with Crippen molar-refractivity contribution < 1.29 is 9.47 Å². The summed E-state index contributed by atoms with van der Waals surface area (Å²) in [6, 6.07) is 8.05. The molecule has 0 spiro atoms. The average molecular weight is 221 g/mol. The number of ether oxygens (including phenoxy) is 2. The van der Waals surface area contributed by atoms with Gasteiger partial charge in [-0.05, 0) is 38.5 Å². The monoisotopic (exact) mass is 221 g/mol. The third kappa shape index (κ3) is 2.54. The Kier molecular flexibility index (Phi) is 3.17. The zero-order valence-corrected chi connectivity index (χ0v) is 10.1. The van der Waals surface area contributed by atoms with E-state index >= 15 is 0 Å². The molecule has 1 fully saturated rings. The first-order chi connectivity index (χ1) is 7.61. The smallest absolute Gasteiger partial charge is 0.135 e. The van der Waals surface area contributed by atoms with E-state index in [-0.39, 0.29) is 11.8 Å². The van der Waals surface area contributed by atoms with E-state index in [2.05, 4.69) is 19.2 Å². The molecule has 2 rings (SSSR count). The second kappa shape index (κ2) is 4.44. The van der Waals surface area contributed by atoms with E-state index in [0.717, 1.165) is 17.9 Å². The highest BCUT2D eigenvalue weighted by Gasteiger charge is 2.31. The summed E-state index contributed by atoms with van der Waals surface area (Å²) in [4.78, 5) is 0. The van der Waals surface area contributed by atoms with Crippen molar-refractivity contribution in [2.75, 3.05) is 13.2 Å². The maximum atomic E-state index is 5.88. The van der Waals surface area contributed by atoms with Crippen LogP contribution in [0.1, 0.15) is 32.6 Å². The second-order valence-electron chi connectivity index (χ2n) is 4.64. The van der Waals surface area contributed by atoms with Gasteiger partial charge >= 0.3 is 0 Å². The van der Waals surface area contributed by atoms with Crippen molar-refractivity contribution in [3.63, 3.8) is 0 Å². The molecule has 1 aliphatic heterocycles. The van der Waals surface area contributed by atoms with E-state index in [9.17, 15) is 0 Å². The lowest BCUT2D eigenvalue weighted by Gasteiger charge is -2.17. The maximum Gasteiger partial charge on any atom is 0.135 e. The van der Waals surface area contributed by atoms with E-state index in [1.807, 2.05) is 31.2 Å². The molecule has 16 heavy (non-hydrogen) atoms. The molecule has 0 saturated carbocycles. The minimum absolute atomic E-state index is 0.00526. The van der Waals surface area contributed by atoms with Crippen LogP contribution in [0.5, 0.6) is 5.75 Å². The summed E-state index contributed by atoms with van der Waals surface area (Å²) in [5, 5.41) is 3.35. The van der Waals surface area contributed by atoms with E-state index in [1.54, 1.807) is 0 Å². The standard InChI is InChI=1S/C13H19NO2/c1-4-15-11-7-5-10(6-8-11)12-14-9-13(2,3)16-12/h5-8,12,14H,4,9H2,1-3H3. The molecule has 88 valence electrons. The first-order valence-electron chi connectivity index (χ1n) is 5.75. The zero-order valence-electron chi connectivity index (χ0n) is 10.1. The number of hydrogen-bond donors (Lipinski definition) is 1. The predicted octanol–water partition coefficient (Wildman–Crippen LogP) is 2.48. The molecule has 1 heterocycles. The molecule has 0 radical (unpaired) electrons. The molecule has 1 unspecified atom stereocenters. The van der Waals surface area contributed by atoms with Crippen LogP contribution in [0, 0.1) is 0 Å². The van der Waals surface area contributed by atoms with Gasteiger partial charge in [-0.1, -0.05) is 12.1 Å². The van der Waals surface area contributed by atoms with Gasteiger partial charge in [-0.3, -0.25) is 5.32 Å². The minimum atomic E-state index is -0.0801. The molecule has 0 aliphatic carbocycles. The number of hydrogen-bond acceptors (Lipinski definition) is 3. The van der Waals surface area contributed by atoms with Crippen LogP contribution in [0.3, 0.4) is 0 Å². The highest BCUT2D eigenvalue weighted by atomic mass is 16.5. The van der Waals surface area contributed by atoms with Crippen LogP contribution in [0.4, 0.5) is 0 Å². The Bertz CT molecular complexity index is 345. The first kappa shape index (κ1) is 11.4. The Balaban J connectivity index is 2.05. The summed E-state index contributed by atoms with van der Waals surface area (Å²) in [6.07, 6.45) is 0.00526. The van der Waals surface area contributed by atoms with Crippen molar-refractivity contribution in [3.8, 4) is 5.75 Å². The Hall–Kier alpha value is -1.06. The van der Waals surface area contributed by atoms with Crippen LogP contribution in [0.2, 0.25) is 0 Å². The first-order valence-corrected chi connectivity index (χ1v) is 5.75. The fourth-order valence-electron chi connectivity index (χ4n) is 1.83. The van der Waals surface area contributed by atoms with Crippen molar-refractivity contribution in [1.29, 1.82) is 0 Å². The molecule has 1 aromatic rings. The van der Waals surface area contributed by atoms with Crippen molar-refractivity contribution in [2.45, 2.75) is 32.6 Å². The van der Waals surface area contributed by atoms with Gasteiger partial charge in [0.15, 0.2) is 0 Å². The van der Waals surface area contributed by atoms with E-state index in [0.29, 0.717) is 6.61 Å². The van der Waals surface area contributed by atoms with Crippen molar-refractivity contribution in [3.05, 3.63) is 29.8 Å². The van der Waals surface area contributed by atoms with Crippen LogP contribution >= 0.6 is 0 Å². The van der Waals surface area contributed by atoms with Crippen molar-refractivity contribution in [2.24, 2.45) is 0 Å². The Morgan fingerprint density at radius 3 is 2.56 bits per heavy atom. The second-order valence-corrected chi connectivity index (χ2v) is 4.64. The fourth-order valence-corrected chi connectivity index (χ4v) is 1.83. The van der Waals surface area contributed by atoms with Crippen LogP contribution in [-0.4, -0.2) is 18.8 Å². The molecular formula is C13H19NO2. The van der Waals surface area contributed by atoms with Gasteiger partial charge in [-0.15, -0.1) is 0 Å². The van der Waals surface area contributed by atoms with Gasteiger partial charge in [0.25, 0.3) is 0 Å². The van der Waals surface area contributed by atoms with Gasteiger partial charge < -0.3 is 9.47 Å². The minimum Gasteiger partial charge on any atom is -0.494 e. The molecule has 0 amide bonds. The highest BCUT2D eigenvalue weighted by Crippen LogP contribution is 2.28. The number of rotatable bonds is 3. The third-order valence-electron chi connectivity index (χ3n) is 2.64. The van der Waals surface area contributed by atoms with Gasteiger partial charge in [0.05, 0.1) is 12.2 Å². The Morgan fingerprint density at radius 2 is 2.06 bits per heavy atom. The van der Waals surface area contributed by atoms with Gasteiger partial charge in [-0.25, -0.2) is 0 Å². The van der Waals surface area contributed by atoms with Gasteiger partial charge in [0.2, 0.25) is 0 Å². The summed E-state index contributed by atoms with van der Waals surface area (Å²) in [5.74, 6) is 0.906. The normalized spacial score (nSPS) is 23.3. The van der Waals surface area contributed by atoms with Crippen molar-refractivity contribution in [1.82, 2.24) is 5.32 Å². The molecule has 0 bridgehead atoms. The summed E-state index contributed by atoms with van der Waals surface area (Å²) in [5.41, 5.74) is 1.07. The lowest BCUT2D eigenvalue weighted by atomic mass is 10.1. The maximum absolute atomic E-state index is 5.88. The van der Waals surface area contributed by atoms with Gasteiger partial charge in [-0.2, -0.15) is 0 Å². The molecule has 1 aromatic carbocycles. The summed E-state index contributed by atoms with van der Waals surface area (Å²) < 4.78 is 11.3. The van der Waals surface area contributed by atoms with Gasteiger partial charge in [0, 0.05) is 6.54 Å². The molecule has 1 saturated heterocycles. The summed E-state index contributed by atoms with van der Waals surface area (Å²) in [7, 11) is 0. The van der Waals surface area contributed by atoms with E-state index in [4.69, 9.17) is 9.47 Å². The van der Waals surface area contributed by atoms with Crippen molar-refractivity contribution >= 4 is 0 Å². The quantitative estimate of drug-likeness (QED) is 0.850. The molecule has 1 atom stereocenters. The van der Waals surface area contributed by atoms with Crippen LogP contribution in [-0.2, 0) is 4.74 Å². The Labute approximate surface area is 96.8 Å². The lowest BCUT2D eigenvalue weighted by molar-refractivity contribution is -0.0156. The van der Waals surface area contributed by atoms with Crippen LogP contribution in [0.25, 0.3) is 0 Å². The summed E-state index contributed by atoms with van der Waals surface area (Å²) in [6.45, 7) is 7.75. The lowest BCUT2D eigenvalue weighted by Crippen LogP contribution is -2.23.